The molecule has 1 aliphatic rings. The number of aryl methyl sites for hydroxylation is 1. The summed E-state index contributed by atoms with van der Waals surface area (Å²) in [6, 6.07) is 13.2. The number of nitrogens with zero attached hydrogens (tertiary/aromatic N) is 3. The van der Waals surface area contributed by atoms with Gasteiger partial charge in [-0.05, 0) is 50.5 Å². The number of methoxy groups -OCH3 is 1. The van der Waals surface area contributed by atoms with Crippen LogP contribution in [0.25, 0.3) is 0 Å². The second-order valence-corrected chi connectivity index (χ2v) is 7.37. The lowest BCUT2D eigenvalue weighted by Crippen LogP contribution is -2.35. The Kier molecular flexibility index (Phi) is 5.09. The van der Waals surface area contributed by atoms with E-state index in [1.54, 1.807) is 6.07 Å². The summed E-state index contributed by atoms with van der Waals surface area (Å²) in [5, 5.41) is 3.19. The Morgan fingerprint density at radius 3 is 2.72 bits per heavy atom. The molecule has 0 saturated heterocycles. The first-order valence-electron chi connectivity index (χ1n) is 9.78. The first-order valence-corrected chi connectivity index (χ1v) is 9.78. The lowest BCUT2D eigenvalue weighted by atomic mass is 9.93. The number of aromatic nitrogens is 2. The summed E-state index contributed by atoms with van der Waals surface area (Å²) < 4.78 is 18.8. The van der Waals surface area contributed by atoms with E-state index in [0.717, 1.165) is 30.0 Å². The van der Waals surface area contributed by atoms with Gasteiger partial charge in [0.2, 0.25) is 5.95 Å². The predicted octanol–water partition coefficient (Wildman–Crippen LogP) is 5.11. The number of benzene rings is 2. The molecule has 0 radical (unpaired) electrons. The number of ether oxygens (including phenoxy) is 1. The first-order chi connectivity index (χ1) is 14.0. The van der Waals surface area contributed by atoms with E-state index >= 15 is 0 Å². The van der Waals surface area contributed by atoms with Crippen LogP contribution in [0.1, 0.15) is 35.3 Å². The maximum absolute atomic E-state index is 13.5. The van der Waals surface area contributed by atoms with Crippen LogP contribution in [0.15, 0.2) is 42.5 Å². The highest BCUT2D eigenvalue weighted by Crippen LogP contribution is 2.35. The number of hydrogen-bond donors (Lipinski definition) is 1. The Morgan fingerprint density at radius 1 is 1.14 bits per heavy atom. The normalized spacial score (nSPS) is 15.8. The standard InChI is InChI=1S/C23H25FN4O/c1-14-15(2)25-23(26-20-10-9-18(24)13-21(20)29-4)27-22(14)28-12-11-17-7-5-6-8-19(17)16(28)3/h5-10,13,16H,11-12H2,1-4H3,(H,25,26,27). The minimum Gasteiger partial charge on any atom is -0.494 e. The fraction of sp³-hybridized carbons (Fsp3) is 0.304. The second kappa shape index (κ2) is 7.70. The molecule has 0 fully saturated rings. The molecule has 1 N–H and O–H groups in total. The Morgan fingerprint density at radius 2 is 1.93 bits per heavy atom. The van der Waals surface area contributed by atoms with Gasteiger partial charge < -0.3 is 15.0 Å². The lowest BCUT2D eigenvalue weighted by molar-refractivity contribution is 0.413. The van der Waals surface area contributed by atoms with Gasteiger partial charge in [-0.3, -0.25) is 0 Å². The van der Waals surface area contributed by atoms with Gasteiger partial charge in [0.15, 0.2) is 0 Å². The van der Waals surface area contributed by atoms with Gasteiger partial charge >= 0.3 is 0 Å². The summed E-state index contributed by atoms with van der Waals surface area (Å²) in [5.74, 6) is 1.45. The van der Waals surface area contributed by atoms with Crippen LogP contribution in [0.3, 0.4) is 0 Å². The highest BCUT2D eigenvalue weighted by atomic mass is 19.1. The summed E-state index contributed by atoms with van der Waals surface area (Å²) >= 11 is 0. The summed E-state index contributed by atoms with van der Waals surface area (Å²) in [6.07, 6.45) is 0.984. The molecule has 5 nitrogen and oxygen atoms in total. The Balaban J connectivity index is 1.70. The topological polar surface area (TPSA) is 50.3 Å². The van der Waals surface area contributed by atoms with Gasteiger partial charge in [0.25, 0.3) is 0 Å². The van der Waals surface area contributed by atoms with Crippen molar-refractivity contribution >= 4 is 17.5 Å². The first kappa shape index (κ1) is 19.2. The summed E-state index contributed by atoms with van der Waals surface area (Å²) in [6.45, 7) is 7.15. The molecular formula is C23H25FN4O. The second-order valence-electron chi connectivity index (χ2n) is 7.37. The van der Waals surface area contributed by atoms with Crippen LogP contribution in [0.5, 0.6) is 5.75 Å². The van der Waals surface area contributed by atoms with Crippen molar-refractivity contribution < 1.29 is 9.13 Å². The van der Waals surface area contributed by atoms with Crippen LogP contribution in [0.2, 0.25) is 0 Å². The zero-order valence-corrected chi connectivity index (χ0v) is 17.2. The van der Waals surface area contributed by atoms with Crippen LogP contribution in [0, 0.1) is 19.7 Å². The number of rotatable bonds is 4. The molecule has 1 aromatic heterocycles. The minimum atomic E-state index is -0.352. The zero-order chi connectivity index (χ0) is 20.5. The quantitative estimate of drug-likeness (QED) is 0.669. The molecule has 0 bridgehead atoms. The van der Waals surface area contributed by atoms with Crippen LogP contribution in [0.4, 0.5) is 21.8 Å². The van der Waals surface area contributed by atoms with Gasteiger partial charge in [-0.2, -0.15) is 4.98 Å². The van der Waals surface area contributed by atoms with Crippen LogP contribution >= 0.6 is 0 Å². The fourth-order valence-electron chi connectivity index (χ4n) is 3.90. The van der Waals surface area contributed by atoms with Crippen molar-refractivity contribution in [2.75, 3.05) is 23.9 Å². The molecule has 2 heterocycles. The van der Waals surface area contributed by atoms with E-state index in [2.05, 4.69) is 53.3 Å². The summed E-state index contributed by atoms with van der Waals surface area (Å²) in [7, 11) is 1.51. The average Bonchev–Trinajstić information content (AvgIpc) is 2.72. The van der Waals surface area contributed by atoms with E-state index in [0.29, 0.717) is 17.4 Å². The van der Waals surface area contributed by atoms with Crippen molar-refractivity contribution in [1.29, 1.82) is 0 Å². The van der Waals surface area contributed by atoms with E-state index in [4.69, 9.17) is 9.72 Å². The van der Waals surface area contributed by atoms with Crippen molar-refractivity contribution in [2.24, 2.45) is 0 Å². The van der Waals surface area contributed by atoms with Crippen molar-refractivity contribution in [3.8, 4) is 5.75 Å². The molecule has 3 aromatic rings. The average molecular weight is 392 g/mol. The van der Waals surface area contributed by atoms with Crippen LogP contribution in [-0.2, 0) is 6.42 Å². The number of nitrogens with one attached hydrogen (secondary N) is 1. The van der Waals surface area contributed by atoms with E-state index in [-0.39, 0.29) is 11.9 Å². The monoisotopic (exact) mass is 392 g/mol. The van der Waals surface area contributed by atoms with Gasteiger partial charge in [0, 0.05) is 23.9 Å². The molecule has 0 amide bonds. The van der Waals surface area contributed by atoms with Crippen LogP contribution < -0.4 is 15.0 Å². The maximum atomic E-state index is 13.5. The van der Waals surface area contributed by atoms with E-state index < -0.39 is 0 Å². The van der Waals surface area contributed by atoms with E-state index in [1.165, 1.54) is 30.4 Å². The molecule has 1 atom stereocenters. The van der Waals surface area contributed by atoms with E-state index in [9.17, 15) is 4.39 Å². The predicted molar refractivity (Wildman–Crippen MR) is 114 cm³/mol. The molecular weight excluding hydrogens is 367 g/mol. The Hall–Kier alpha value is -3.15. The van der Waals surface area contributed by atoms with Crippen molar-refractivity contribution in [3.63, 3.8) is 0 Å². The number of halogens is 1. The highest BCUT2D eigenvalue weighted by molar-refractivity contribution is 5.64. The molecule has 1 unspecified atom stereocenters. The summed E-state index contributed by atoms with van der Waals surface area (Å²) in [5.41, 5.74) is 5.33. The largest absolute Gasteiger partial charge is 0.494 e. The zero-order valence-electron chi connectivity index (χ0n) is 17.2. The van der Waals surface area contributed by atoms with E-state index in [1.807, 2.05) is 6.92 Å². The number of hydrogen-bond acceptors (Lipinski definition) is 5. The van der Waals surface area contributed by atoms with Crippen LogP contribution in [-0.4, -0.2) is 23.6 Å². The molecule has 2 aromatic carbocycles. The third kappa shape index (κ3) is 3.62. The smallest absolute Gasteiger partial charge is 0.229 e. The number of anilines is 3. The van der Waals surface area contributed by atoms with Crippen molar-refractivity contribution in [2.45, 2.75) is 33.2 Å². The van der Waals surface area contributed by atoms with Gasteiger partial charge in [-0.1, -0.05) is 24.3 Å². The molecule has 6 heteroatoms. The Labute approximate surface area is 170 Å². The van der Waals surface area contributed by atoms with Gasteiger partial charge in [0.1, 0.15) is 17.4 Å². The van der Waals surface area contributed by atoms with Gasteiger partial charge in [-0.15, -0.1) is 0 Å². The van der Waals surface area contributed by atoms with Gasteiger partial charge in [-0.25, -0.2) is 9.37 Å². The third-order valence-corrected chi connectivity index (χ3v) is 5.64. The third-order valence-electron chi connectivity index (χ3n) is 5.64. The molecule has 0 aliphatic carbocycles. The van der Waals surface area contributed by atoms with Crippen molar-refractivity contribution in [1.82, 2.24) is 9.97 Å². The molecule has 1 aliphatic heterocycles. The molecule has 150 valence electrons. The van der Waals surface area contributed by atoms with Gasteiger partial charge in [0.05, 0.1) is 18.8 Å². The number of fused-ring (bicyclic) bond motifs is 1. The lowest BCUT2D eigenvalue weighted by Gasteiger charge is -2.37. The summed E-state index contributed by atoms with van der Waals surface area (Å²) in [4.78, 5) is 11.8. The molecule has 0 saturated carbocycles. The van der Waals surface area contributed by atoms with Crippen molar-refractivity contribution in [3.05, 3.63) is 70.7 Å². The maximum Gasteiger partial charge on any atom is 0.229 e. The highest BCUT2D eigenvalue weighted by Gasteiger charge is 2.26. The minimum absolute atomic E-state index is 0.223. The molecule has 4 rings (SSSR count). The fourth-order valence-corrected chi connectivity index (χ4v) is 3.90. The molecule has 0 spiro atoms. The Bertz CT molecular complexity index is 1050. The molecule has 29 heavy (non-hydrogen) atoms. The SMILES string of the molecule is COc1cc(F)ccc1Nc1nc(C)c(C)c(N2CCc3ccccc3C2C)n1.